The SMILES string of the molecule is C[NH+](C)Cc1ccc(CNS(=O)(=O)c2cc(F)ccc2F)cc1. The smallest absolute Gasteiger partial charge is 0.243 e. The molecule has 2 rings (SSSR count). The van der Waals surface area contributed by atoms with Crippen LogP contribution in [-0.4, -0.2) is 22.5 Å². The summed E-state index contributed by atoms with van der Waals surface area (Å²) in [6.45, 7) is 0.869. The molecule has 0 heterocycles. The molecule has 0 saturated carbocycles. The Bertz CT molecular complexity index is 775. The van der Waals surface area contributed by atoms with Crippen molar-refractivity contribution in [3.8, 4) is 0 Å². The van der Waals surface area contributed by atoms with Gasteiger partial charge in [0.15, 0.2) is 0 Å². The highest BCUT2D eigenvalue weighted by Crippen LogP contribution is 2.16. The quantitative estimate of drug-likeness (QED) is 0.826. The normalized spacial score (nSPS) is 11.9. The first kappa shape index (κ1) is 17.5. The summed E-state index contributed by atoms with van der Waals surface area (Å²) in [4.78, 5) is 0.588. The van der Waals surface area contributed by atoms with Crippen molar-refractivity contribution in [2.45, 2.75) is 18.0 Å². The van der Waals surface area contributed by atoms with E-state index in [9.17, 15) is 17.2 Å². The molecule has 0 amide bonds. The van der Waals surface area contributed by atoms with Crippen LogP contribution in [0, 0.1) is 11.6 Å². The van der Waals surface area contributed by atoms with Crippen LogP contribution in [0.2, 0.25) is 0 Å². The van der Waals surface area contributed by atoms with Crippen LogP contribution in [0.25, 0.3) is 0 Å². The van der Waals surface area contributed by atoms with E-state index in [1.807, 2.05) is 38.4 Å². The fraction of sp³-hybridized carbons (Fsp3) is 0.250. The maximum atomic E-state index is 13.6. The number of quaternary nitrogens is 1. The molecule has 7 heteroatoms. The Morgan fingerprint density at radius 1 is 1.00 bits per heavy atom. The first-order chi connectivity index (χ1) is 10.8. The Morgan fingerprint density at radius 2 is 1.61 bits per heavy atom. The van der Waals surface area contributed by atoms with Crippen molar-refractivity contribution in [3.05, 3.63) is 65.2 Å². The van der Waals surface area contributed by atoms with Gasteiger partial charge in [0.1, 0.15) is 23.1 Å². The molecule has 2 N–H and O–H groups in total. The minimum atomic E-state index is -4.11. The third-order valence-corrected chi connectivity index (χ3v) is 4.65. The summed E-state index contributed by atoms with van der Waals surface area (Å²) in [5.74, 6) is -1.79. The third-order valence-electron chi connectivity index (χ3n) is 3.23. The Labute approximate surface area is 134 Å². The van der Waals surface area contributed by atoms with E-state index in [0.717, 1.165) is 29.8 Å². The van der Waals surface area contributed by atoms with E-state index in [4.69, 9.17) is 0 Å². The summed E-state index contributed by atoms with van der Waals surface area (Å²) in [6.07, 6.45) is 0. The Kier molecular flexibility index (Phi) is 5.46. The van der Waals surface area contributed by atoms with Crippen LogP contribution < -0.4 is 9.62 Å². The van der Waals surface area contributed by atoms with E-state index in [1.54, 1.807) is 0 Å². The summed E-state index contributed by atoms with van der Waals surface area (Å²) < 4.78 is 53.1. The lowest BCUT2D eigenvalue weighted by Gasteiger charge is -2.10. The van der Waals surface area contributed by atoms with E-state index < -0.39 is 26.6 Å². The van der Waals surface area contributed by atoms with Gasteiger partial charge in [-0.1, -0.05) is 24.3 Å². The number of sulfonamides is 1. The van der Waals surface area contributed by atoms with Crippen LogP contribution >= 0.6 is 0 Å². The highest BCUT2D eigenvalue weighted by atomic mass is 32.2. The van der Waals surface area contributed by atoms with E-state index in [0.29, 0.717) is 6.07 Å². The van der Waals surface area contributed by atoms with Crippen molar-refractivity contribution in [1.82, 2.24) is 4.72 Å². The minimum absolute atomic E-state index is 0.00733. The van der Waals surface area contributed by atoms with Crippen molar-refractivity contribution < 1.29 is 22.1 Å². The zero-order valence-electron chi connectivity index (χ0n) is 12.9. The molecule has 0 atom stereocenters. The molecule has 2 aromatic rings. The van der Waals surface area contributed by atoms with Crippen LogP contribution in [0.5, 0.6) is 0 Å². The fourth-order valence-corrected chi connectivity index (χ4v) is 3.23. The summed E-state index contributed by atoms with van der Waals surface area (Å²) in [7, 11) is -0.0353. The average molecular weight is 341 g/mol. The van der Waals surface area contributed by atoms with Crippen LogP contribution in [0.3, 0.4) is 0 Å². The van der Waals surface area contributed by atoms with Crippen molar-refractivity contribution >= 4 is 10.0 Å². The van der Waals surface area contributed by atoms with Gasteiger partial charge in [0.25, 0.3) is 0 Å². The fourth-order valence-electron chi connectivity index (χ4n) is 2.12. The maximum Gasteiger partial charge on any atom is 0.243 e. The summed E-state index contributed by atoms with van der Waals surface area (Å²) >= 11 is 0. The van der Waals surface area contributed by atoms with Crippen LogP contribution in [-0.2, 0) is 23.1 Å². The molecule has 0 aliphatic rings. The second kappa shape index (κ2) is 7.16. The summed E-state index contributed by atoms with van der Waals surface area (Å²) in [6, 6.07) is 9.78. The average Bonchev–Trinajstić information content (AvgIpc) is 2.48. The van der Waals surface area contributed by atoms with Gasteiger partial charge in [0.05, 0.1) is 14.1 Å². The highest BCUT2D eigenvalue weighted by Gasteiger charge is 2.19. The van der Waals surface area contributed by atoms with Crippen LogP contribution in [0.4, 0.5) is 8.78 Å². The van der Waals surface area contributed by atoms with Gasteiger partial charge in [0, 0.05) is 12.1 Å². The maximum absolute atomic E-state index is 13.6. The number of benzene rings is 2. The molecule has 2 aromatic carbocycles. The second-order valence-electron chi connectivity index (χ2n) is 5.60. The van der Waals surface area contributed by atoms with Crippen LogP contribution in [0.15, 0.2) is 47.4 Å². The molecular formula is C16H19F2N2O2S+. The van der Waals surface area contributed by atoms with E-state index in [1.165, 1.54) is 4.90 Å². The zero-order chi connectivity index (χ0) is 17.0. The largest absolute Gasteiger partial charge is 0.336 e. The lowest BCUT2D eigenvalue weighted by molar-refractivity contribution is -0.872. The Morgan fingerprint density at radius 3 is 2.22 bits per heavy atom. The first-order valence-electron chi connectivity index (χ1n) is 7.09. The number of hydrogen-bond donors (Lipinski definition) is 2. The topological polar surface area (TPSA) is 50.6 Å². The molecule has 0 aliphatic heterocycles. The molecule has 0 bridgehead atoms. The molecule has 23 heavy (non-hydrogen) atoms. The van der Waals surface area contributed by atoms with Crippen molar-refractivity contribution in [2.75, 3.05) is 14.1 Å². The van der Waals surface area contributed by atoms with Gasteiger partial charge in [-0.25, -0.2) is 21.9 Å². The Hall–Kier alpha value is -1.83. The number of halogens is 2. The molecule has 0 aromatic heterocycles. The van der Waals surface area contributed by atoms with Gasteiger partial charge in [-0.05, 0) is 23.8 Å². The minimum Gasteiger partial charge on any atom is -0.336 e. The van der Waals surface area contributed by atoms with Gasteiger partial charge in [0.2, 0.25) is 10.0 Å². The monoisotopic (exact) mass is 341 g/mol. The van der Waals surface area contributed by atoms with Crippen molar-refractivity contribution in [2.24, 2.45) is 0 Å². The van der Waals surface area contributed by atoms with Gasteiger partial charge in [-0.2, -0.15) is 0 Å². The summed E-state index contributed by atoms with van der Waals surface area (Å²) in [5, 5.41) is 0. The number of rotatable bonds is 6. The van der Waals surface area contributed by atoms with E-state index in [2.05, 4.69) is 4.72 Å². The lowest BCUT2D eigenvalue weighted by Crippen LogP contribution is -3.04. The number of hydrogen-bond acceptors (Lipinski definition) is 2. The second-order valence-corrected chi connectivity index (χ2v) is 7.34. The molecule has 0 radical (unpaired) electrons. The summed E-state index contributed by atoms with van der Waals surface area (Å²) in [5.41, 5.74) is 1.87. The van der Waals surface area contributed by atoms with E-state index in [-0.39, 0.29) is 6.54 Å². The first-order valence-corrected chi connectivity index (χ1v) is 8.58. The predicted octanol–water partition coefficient (Wildman–Crippen LogP) is 1.09. The zero-order valence-corrected chi connectivity index (χ0v) is 13.8. The molecule has 0 aliphatic carbocycles. The molecule has 124 valence electrons. The molecule has 4 nitrogen and oxygen atoms in total. The van der Waals surface area contributed by atoms with Gasteiger partial charge in [-0.3, -0.25) is 0 Å². The highest BCUT2D eigenvalue weighted by molar-refractivity contribution is 7.89. The van der Waals surface area contributed by atoms with Crippen molar-refractivity contribution in [3.63, 3.8) is 0 Å². The van der Waals surface area contributed by atoms with E-state index >= 15 is 0 Å². The van der Waals surface area contributed by atoms with Gasteiger partial charge in [-0.15, -0.1) is 0 Å². The third kappa shape index (κ3) is 4.82. The van der Waals surface area contributed by atoms with Crippen molar-refractivity contribution in [1.29, 1.82) is 0 Å². The molecular weight excluding hydrogens is 322 g/mol. The molecule has 0 unspecified atom stereocenters. The van der Waals surface area contributed by atoms with Gasteiger partial charge < -0.3 is 4.90 Å². The predicted molar refractivity (Wildman–Crippen MR) is 83.3 cm³/mol. The van der Waals surface area contributed by atoms with Gasteiger partial charge >= 0.3 is 0 Å². The molecule has 0 fully saturated rings. The Balaban J connectivity index is 2.08. The standard InChI is InChI=1S/C16H18F2N2O2S/c1-20(2)11-13-5-3-12(4-6-13)10-19-23(21,22)16-9-14(17)7-8-15(16)18/h3-9,19H,10-11H2,1-2H3/p+1. The molecule has 0 saturated heterocycles. The number of nitrogens with one attached hydrogen (secondary N) is 2. The van der Waals surface area contributed by atoms with Crippen LogP contribution in [0.1, 0.15) is 11.1 Å². The lowest BCUT2D eigenvalue weighted by atomic mass is 10.1. The molecule has 0 spiro atoms.